The molecule has 0 fully saturated rings. The van der Waals surface area contributed by atoms with Crippen LogP contribution in [0.4, 0.5) is 5.69 Å². The van der Waals surface area contributed by atoms with Gasteiger partial charge in [-0.2, -0.15) is 0 Å². The zero-order chi connectivity index (χ0) is 14.8. The van der Waals surface area contributed by atoms with Crippen molar-refractivity contribution in [3.05, 3.63) is 38.9 Å². The highest BCUT2D eigenvalue weighted by Gasteiger charge is 2.12. The van der Waals surface area contributed by atoms with E-state index in [-0.39, 0.29) is 10.7 Å². The molecule has 0 amide bonds. The van der Waals surface area contributed by atoms with Gasteiger partial charge in [-0.25, -0.2) is 0 Å². The van der Waals surface area contributed by atoms with Crippen LogP contribution in [-0.4, -0.2) is 38.5 Å². The van der Waals surface area contributed by atoms with Gasteiger partial charge in [0.1, 0.15) is 5.02 Å². The van der Waals surface area contributed by atoms with Gasteiger partial charge in [0, 0.05) is 26.4 Å². The van der Waals surface area contributed by atoms with Crippen LogP contribution in [0.15, 0.2) is 18.2 Å². The highest BCUT2D eigenvalue weighted by Crippen LogP contribution is 2.25. The minimum Gasteiger partial charge on any atom is -0.382 e. The van der Waals surface area contributed by atoms with Crippen LogP contribution in [0.2, 0.25) is 5.02 Å². The lowest BCUT2D eigenvalue weighted by Crippen LogP contribution is -2.05. The predicted octanol–water partition coefficient (Wildman–Crippen LogP) is 2.82. The average Bonchev–Trinajstić information content (AvgIpc) is 2.43. The van der Waals surface area contributed by atoms with Gasteiger partial charge in [-0.05, 0) is 18.1 Å². The SMILES string of the molecule is COCCOCCCOCc1ccc(Cl)c([N+](=O)[O-])c1. The standard InChI is InChI=1S/C13H18ClNO5/c1-18-7-8-19-5-2-6-20-10-11-3-4-12(14)13(9-11)15(16)17/h3-4,9H,2,5-8,10H2,1H3. The summed E-state index contributed by atoms with van der Waals surface area (Å²) in [5.41, 5.74) is 0.622. The second kappa shape index (κ2) is 9.66. The van der Waals surface area contributed by atoms with Gasteiger partial charge < -0.3 is 14.2 Å². The Morgan fingerprint density at radius 1 is 1.20 bits per heavy atom. The monoisotopic (exact) mass is 303 g/mol. The first kappa shape index (κ1) is 16.8. The number of nitro groups is 1. The summed E-state index contributed by atoms with van der Waals surface area (Å²) in [7, 11) is 1.62. The van der Waals surface area contributed by atoms with Crippen molar-refractivity contribution in [2.75, 3.05) is 33.5 Å². The zero-order valence-electron chi connectivity index (χ0n) is 11.3. The maximum Gasteiger partial charge on any atom is 0.288 e. The Kier molecular flexibility index (Phi) is 8.13. The number of ether oxygens (including phenoxy) is 3. The van der Waals surface area contributed by atoms with Crippen LogP contribution < -0.4 is 0 Å². The van der Waals surface area contributed by atoms with E-state index < -0.39 is 4.92 Å². The summed E-state index contributed by atoms with van der Waals surface area (Å²) in [6, 6.07) is 4.65. The highest BCUT2D eigenvalue weighted by atomic mass is 35.5. The first-order valence-electron chi connectivity index (χ1n) is 6.22. The van der Waals surface area contributed by atoms with Crippen LogP contribution in [0.3, 0.4) is 0 Å². The Labute approximate surface area is 122 Å². The van der Waals surface area contributed by atoms with Crippen molar-refractivity contribution < 1.29 is 19.1 Å². The van der Waals surface area contributed by atoms with Gasteiger partial charge in [0.25, 0.3) is 5.69 Å². The topological polar surface area (TPSA) is 70.8 Å². The number of hydrogen-bond acceptors (Lipinski definition) is 5. The Morgan fingerprint density at radius 2 is 1.95 bits per heavy atom. The second-order valence-corrected chi connectivity index (χ2v) is 4.46. The van der Waals surface area contributed by atoms with E-state index in [1.807, 2.05) is 0 Å². The number of nitrogens with zero attached hydrogens (tertiary/aromatic N) is 1. The lowest BCUT2D eigenvalue weighted by atomic mass is 10.2. The van der Waals surface area contributed by atoms with Gasteiger partial charge in [0.05, 0.1) is 24.7 Å². The molecule has 0 saturated carbocycles. The highest BCUT2D eigenvalue weighted by molar-refractivity contribution is 6.32. The van der Waals surface area contributed by atoms with Gasteiger partial charge in [-0.1, -0.05) is 17.7 Å². The van der Waals surface area contributed by atoms with E-state index in [1.165, 1.54) is 12.1 Å². The Balaban J connectivity index is 2.22. The summed E-state index contributed by atoms with van der Waals surface area (Å²) < 4.78 is 15.6. The number of methoxy groups -OCH3 is 1. The molecule has 0 atom stereocenters. The summed E-state index contributed by atoms with van der Waals surface area (Å²) in [6.45, 7) is 2.60. The quantitative estimate of drug-likeness (QED) is 0.377. The van der Waals surface area contributed by atoms with Crippen LogP contribution in [0, 0.1) is 10.1 Å². The third-order valence-electron chi connectivity index (χ3n) is 2.49. The van der Waals surface area contributed by atoms with E-state index in [2.05, 4.69) is 0 Å². The fraction of sp³-hybridized carbons (Fsp3) is 0.538. The first-order valence-corrected chi connectivity index (χ1v) is 6.60. The number of rotatable bonds is 10. The molecule has 0 aliphatic carbocycles. The van der Waals surface area contributed by atoms with E-state index in [1.54, 1.807) is 13.2 Å². The van der Waals surface area contributed by atoms with Crippen molar-refractivity contribution in [3.8, 4) is 0 Å². The predicted molar refractivity (Wildman–Crippen MR) is 75.1 cm³/mol. The molecule has 6 nitrogen and oxygen atoms in total. The zero-order valence-corrected chi connectivity index (χ0v) is 12.1. The van der Waals surface area contributed by atoms with Crippen molar-refractivity contribution in [1.82, 2.24) is 0 Å². The number of hydrogen-bond donors (Lipinski definition) is 0. The van der Waals surface area contributed by atoms with Crippen LogP contribution in [0.1, 0.15) is 12.0 Å². The molecule has 0 bridgehead atoms. The average molecular weight is 304 g/mol. The second-order valence-electron chi connectivity index (χ2n) is 4.05. The molecule has 0 aromatic heterocycles. The largest absolute Gasteiger partial charge is 0.382 e. The summed E-state index contributed by atoms with van der Waals surface area (Å²) in [6.07, 6.45) is 0.763. The molecule has 0 aliphatic heterocycles. The van der Waals surface area contributed by atoms with Crippen molar-refractivity contribution in [3.63, 3.8) is 0 Å². The number of benzene rings is 1. The molecule has 1 aromatic rings. The molecular weight excluding hydrogens is 286 g/mol. The Hall–Kier alpha value is -1.21. The molecular formula is C13H18ClNO5. The molecule has 0 unspecified atom stereocenters. The molecule has 0 spiro atoms. The molecule has 1 rings (SSSR count). The number of nitro benzene ring substituents is 1. The maximum absolute atomic E-state index is 10.7. The summed E-state index contributed by atoms with van der Waals surface area (Å²) in [5.74, 6) is 0. The van der Waals surface area contributed by atoms with Gasteiger partial charge in [0.2, 0.25) is 0 Å². The molecule has 0 aliphatic rings. The van der Waals surface area contributed by atoms with Gasteiger partial charge in [0.15, 0.2) is 0 Å². The van der Waals surface area contributed by atoms with Crippen molar-refractivity contribution in [2.45, 2.75) is 13.0 Å². The van der Waals surface area contributed by atoms with E-state index in [0.29, 0.717) is 33.0 Å². The Morgan fingerprint density at radius 3 is 2.65 bits per heavy atom. The first-order chi connectivity index (χ1) is 9.65. The van der Waals surface area contributed by atoms with Crippen LogP contribution >= 0.6 is 11.6 Å². The minimum absolute atomic E-state index is 0.101. The maximum atomic E-state index is 10.7. The van der Waals surface area contributed by atoms with Crippen LogP contribution in [0.25, 0.3) is 0 Å². The molecule has 0 saturated heterocycles. The van der Waals surface area contributed by atoms with Gasteiger partial charge >= 0.3 is 0 Å². The summed E-state index contributed by atoms with van der Waals surface area (Å²) in [5, 5.41) is 10.9. The summed E-state index contributed by atoms with van der Waals surface area (Å²) in [4.78, 5) is 10.2. The van der Waals surface area contributed by atoms with Crippen molar-refractivity contribution in [1.29, 1.82) is 0 Å². The molecule has 7 heteroatoms. The molecule has 1 aromatic carbocycles. The fourth-order valence-electron chi connectivity index (χ4n) is 1.49. The van der Waals surface area contributed by atoms with Crippen molar-refractivity contribution in [2.24, 2.45) is 0 Å². The smallest absolute Gasteiger partial charge is 0.288 e. The Bertz CT molecular complexity index is 427. The molecule has 0 N–H and O–H groups in total. The normalized spacial score (nSPS) is 10.7. The van der Waals surface area contributed by atoms with Crippen LogP contribution in [-0.2, 0) is 20.8 Å². The fourth-order valence-corrected chi connectivity index (χ4v) is 1.67. The van der Waals surface area contributed by atoms with E-state index in [4.69, 9.17) is 25.8 Å². The van der Waals surface area contributed by atoms with E-state index in [0.717, 1.165) is 12.0 Å². The van der Waals surface area contributed by atoms with Gasteiger partial charge in [-0.15, -0.1) is 0 Å². The lowest BCUT2D eigenvalue weighted by molar-refractivity contribution is -0.384. The van der Waals surface area contributed by atoms with Crippen molar-refractivity contribution >= 4 is 17.3 Å². The molecule has 20 heavy (non-hydrogen) atoms. The molecule has 112 valence electrons. The molecule has 0 radical (unpaired) electrons. The van der Waals surface area contributed by atoms with Gasteiger partial charge in [-0.3, -0.25) is 10.1 Å². The third kappa shape index (κ3) is 6.29. The lowest BCUT2D eigenvalue weighted by Gasteiger charge is -2.06. The third-order valence-corrected chi connectivity index (χ3v) is 2.80. The number of halogens is 1. The van der Waals surface area contributed by atoms with E-state index in [9.17, 15) is 10.1 Å². The van der Waals surface area contributed by atoms with Crippen LogP contribution in [0.5, 0.6) is 0 Å². The minimum atomic E-state index is -0.504. The molecule has 0 heterocycles. The summed E-state index contributed by atoms with van der Waals surface area (Å²) >= 11 is 5.73. The van der Waals surface area contributed by atoms with E-state index >= 15 is 0 Å².